The first-order valence-corrected chi connectivity index (χ1v) is 8.34. The molecule has 0 aromatic heterocycles. The minimum absolute atomic E-state index is 0.0653. The van der Waals surface area contributed by atoms with Crippen molar-refractivity contribution in [3.63, 3.8) is 0 Å². The predicted molar refractivity (Wildman–Crippen MR) is 72.1 cm³/mol. The molecule has 2 rings (SSSR count). The van der Waals surface area contributed by atoms with Crippen LogP contribution in [0.25, 0.3) is 0 Å². The fourth-order valence-corrected chi connectivity index (χ4v) is 4.40. The van der Waals surface area contributed by atoms with Crippen LogP contribution in [0, 0.1) is 17.8 Å². The van der Waals surface area contributed by atoms with E-state index in [1.54, 1.807) is 0 Å². The Morgan fingerprint density at radius 2 is 1.74 bits per heavy atom. The van der Waals surface area contributed by atoms with Crippen molar-refractivity contribution in [2.45, 2.75) is 38.6 Å². The number of carboxylic acid groups (broad SMARTS) is 1. The highest BCUT2D eigenvalue weighted by molar-refractivity contribution is 7.85. The van der Waals surface area contributed by atoms with Gasteiger partial charge in [0.25, 0.3) is 0 Å². The monoisotopic (exact) mass is 287 g/mol. The number of rotatable bonds is 3. The van der Waals surface area contributed by atoms with Gasteiger partial charge in [-0.15, -0.1) is 0 Å². The van der Waals surface area contributed by atoms with Crippen LogP contribution >= 0.6 is 0 Å². The fraction of sp³-hybridized carbons (Fsp3) is 0.846. The Hall–Kier alpha value is -0.910. The van der Waals surface area contributed by atoms with E-state index in [4.69, 9.17) is 0 Å². The van der Waals surface area contributed by atoms with Gasteiger partial charge in [0.05, 0.1) is 11.8 Å². The largest absolute Gasteiger partial charge is 0.481 e. The molecule has 1 aliphatic heterocycles. The van der Waals surface area contributed by atoms with Crippen molar-refractivity contribution in [3.8, 4) is 0 Å². The third kappa shape index (κ3) is 3.55. The summed E-state index contributed by atoms with van der Waals surface area (Å²) in [5.74, 6) is -0.394. The lowest BCUT2D eigenvalue weighted by Gasteiger charge is -2.25. The molecular weight excluding hydrogens is 266 g/mol. The molecule has 0 aromatic carbocycles. The van der Waals surface area contributed by atoms with Crippen molar-refractivity contribution in [1.82, 2.24) is 5.32 Å². The summed E-state index contributed by atoms with van der Waals surface area (Å²) in [6.07, 6.45) is 2.71. The maximum absolute atomic E-state index is 12.2. The number of carbonyl (C=O) groups is 2. The van der Waals surface area contributed by atoms with Crippen LogP contribution in [-0.4, -0.2) is 38.7 Å². The van der Waals surface area contributed by atoms with Crippen LogP contribution in [0.3, 0.4) is 0 Å². The number of hydrogen-bond acceptors (Lipinski definition) is 3. The molecule has 2 fully saturated rings. The molecule has 2 N–H and O–H groups in total. The van der Waals surface area contributed by atoms with Crippen LogP contribution in [0.4, 0.5) is 0 Å². The molecule has 0 spiro atoms. The first-order chi connectivity index (χ1) is 8.97. The summed E-state index contributed by atoms with van der Waals surface area (Å²) < 4.78 is 11.3. The van der Waals surface area contributed by atoms with Gasteiger partial charge < -0.3 is 10.4 Å². The molecule has 1 saturated carbocycles. The van der Waals surface area contributed by atoms with Crippen LogP contribution in [-0.2, 0) is 20.4 Å². The number of amides is 1. The molecule has 1 amide bonds. The molecule has 0 bridgehead atoms. The Labute approximate surface area is 115 Å². The molecule has 2 aliphatic rings. The molecule has 108 valence electrons. The van der Waals surface area contributed by atoms with Crippen molar-refractivity contribution < 1.29 is 18.9 Å². The molecule has 6 heteroatoms. The Kier molecular flexibility index (Phi) is 4.60. The number of carbonyl (C=O) groups excluding carboxylic acids is 1. The van der Waals surface area contributed by atoms with Crippen molar-refractivity contribution in [2.24, 2.45) is 17.8 Å². The average Bonchev–Trinajstić information content (AvgIpc) is 2.74. The summed E-state index contributed by atoms with van der Waals surface area (Å²) in [6.45, 7) is 1.99. The Morgan fingerprint density at radius 1 is 1.16 bits per heavy atom. The van der Waals surface area contributed by atoms with Gasteiger partial charge in [-0.2, -0.15) is 0 Å². The zero-order chi connectivity index (χ0) is 14.0. The Morgan fingerprint density at radius 3 is 2.32 bits per heavy atom. The SMILES string of the molecule is CC1CC(C(=O)O)C(C(=O)NC2CCS(=O)CC2)C1. The summed E-state index contributed by atoms with van der Waals surface area (Å²) in [4.78, 5) is 23.4. The van der Waals surface area contributed by atoms with Gasteiger partial charge in [-0.05, 0) is 31.6 Å². The maximum Gasteiger partial charge on any atom is 0.307 e. The minimum Gasteiger partial charge on any atom is -0.481 e. The minimum atomic E-state index is -0.866. The molecule has 1 heterocycles. The average molecular weight is 287 g/mol. The van der Waals surface area contributed by atoms with Crippen molar-refractivity contribution in [1.29, 1.82) is 0 Å². The van der Waals surface area contributed by atoms with E-state index in [-0.39, 0.29) is 17.9 Å². The maximum atomic E-state index is 12.2. The molecule has 19 heavy (non-hydrogen) atoms. The van der Waals surface area contributed by atoms with Gasteiger partial charge in [0.15, 0.2) is 0 Å². The van der Waals surface area contributed by atoms with Gasteiger partial charge >= 0.3 is 5.97 Å². The number of nitrogens with one attached hydrogen (secondary N) is 1. The van der Waals surface area contributed by atoms with Gasteiger partial charge in [-0.25, -0.2) is 0 Å². The summed E-state index contributed by atoms with van der Waals surface area (Å²) in [5, 5.41) is 12.1. The highest BCUT2D eigenvalue weighted by Crippen LogP contribution is 2.36. The molecule has 3 unspecified atom stereocenters. The fourth-order valence-electron chi connectivity index (χ4n) is 3.10. The van der Waals surface area contributed by atoms with E-state index in [1.807, 2.05) is 6.92 Å². The van der Waals surface area contributed by atoms with E-state index in [2.05, 4.69) is 5.32 Å². The Bertz CT molecular complexity index is 388. The van der Waals surface area contributed by atoms with Crippen molar-refractivity contribution in [2.75, 3.05) is 11.5 Å². The van der Waals surface area contributed by atoms with Gasteiger partial charge in [-0.1, -0.05) is 6.92 Å². The predicted octanol–water partition coefficient (Wildman–Crippen LogP) is 0.761. The molecule has 3 atom stereocenters. The van der Waals surface area contributed by atoms with E-state index >= 15 is 0 Å². The topological polar surface area (TPSA) is 83.5 Å². The first kappa shape index (κ1) is 14.5. The van der Waals surface area contributed by atoms with E-state index in [0.29, 0.717) is 24.3 Å². The summed E-state index contributed by atoms with van der Waals surface area (Å²) in [6, 6.07) is 0.0653. The molecule has 5 nitrogen and oxygen atoms in total. The third-order valence-electron chi connectivity index (χ3n) is 4.19. The molecule has 0 radical (unpaired) electrons. The van der Waals surface area contributed by atoms with E-state index in [0.717, 1.165) is 12.8 Å². The molecule has 1 saturated heterocycles. The number of carboxylic acids is 1. The van der Waals surface area contributed by atoms with Gasteiger partial charge in [0, 0.05) is 28.3 Å². The molecule has 0 aromatic rings. The lowest BCUT2D eigenvalue weighted by molar-refractivity contribution is -0.146. The second-order valence-corrected chi connectivity index (χ2v) is 7.45. The third-order valence-corrected chi connectivity index (χ3v) is 5.57. The lowest BCUT2D eigenvalue weighted by Crippen LogP contribution is -2.44. The number of hydrogen-bond donors (Lipinski definition) is 2. The highest BCUT2D eigenvalue weighted by atomic mass is 32.2. The zero-order valence-corrected chi connectivity index (χ0v) is 11.9. The van der Waals surface area contributed by atoms with Crippen LogP contribution in [0.15, 0.2) is 0 Å². The van der Waals surface area contributed by atoms with Crippen molar-refractivity contribution in [3.05, 3.63) is 0 Å². The smallest absolute Gasteiger partial charge is 0.307 e. The van der Waals surface area contributed by atoms with Crippen LogP contribution in [0.5, 0.6) is 0 Å². The van der Waals surface area contributed by atoms with Crippen LogP contribution < -0.4 is 5.32 Å². The quantitative estimate of drug-likeness (QED) is 0.803. The number of aliphatic carboxylic acids is 1. The second-order valence-electron chi connectivity index (χ2n) is 5.76. The lowest BCUT2D eigenvalue weighted by atomic mass is 9.95. The first-order valence-electron chi connectivity index (χ1n) is 6.85. The van der Waals surface area contributed by atoms with Gasteiger partial charge in [-0.3, -0.25) is 13.8 Å². The summed E-state index contributed by atoms with van der Waals surface area (Å²) in [5.41, 5.74) is 0. The molecule has 1 aliphatic carbocycles. The normalized spacial score (nSPS) is 38.9. The van der Waals surface area contributed by atoms with E-state index < -0.39 is 28.6 Å². The van der Waals surface area contributed by atoms with Crippen LogP contribution in [0.1, 0.15) is 32.6 Å². The highest BCUT2D eigenvalue weighted by Gasteiger charge is 2.41. The van der Waals surface area contributed by atoms with Gasteiger partial charge in [0.1, 0.15) is 0 Å². The van der Waals surface area contributed by atoms with E-state index in [9.17, 15) is 18.9 Å². The van der Waals surface area contributed by atoms with Crippen molar-refractivity contribution >= 4 is 22.7 Å². The molecular formula is C13H21NO4S. The van der Waals surface area contributed by atoms with E-state index in [1.165, 1.54) is 0 Å². The Balaban J connectivity index is 1.91. The summed E-state index contributed by atoms with van der Waals surface area (Å²) in [7, 11) is -0.743. The second kappa shape index (κ2) is 6.03. The van der Waals surface area contributed by atoms with Gasteiger partial charge in [0.2, 0.25) is 5.91 Å². The standard InChI is InChI=1S/C13H21NO4S/c1-8-6-10(11(7-8)13(16)17)12(15)14-9-2-4-19(18)5-3-9/h8-11H,2-7H2,1H3,(H,14,15)(H,16,17). The zero-order valence-electron chi connectivity index (χ0n) is 11.1. The summed E-state index contributed by atoms with van der Waals surface area (Å²) >= 11 is 0. The van der Waals surface area contributed by atoms with Crippen LogP contribution in [0.2, 0.25) is 0 Å².